The third-order valence-electron chi connectivity index (χ3n) is 3.88. The van der Waals surface area contributed by atoms with Gasteiger partial charge in [-0.2, -0.15) is 0 Å². The minimum absolute atomic E-state index is 0.0687. The molecular weight excluding hydrogens is 312 g/mol. The summed E-state index contributed by atoms with van der Waals surface area (Å²) >= 11 is 1.62. The van der Waals surface area contributed by atoms with Crippen LogP contribution in [0.5, 0.6) is 0 Å². The van der Waals surface area contributed by atoms with Crippen LogP contribution >= 0.6 is 11.8 Å². The number of carbonyl (C=O) groups excluding carboxylic acids is 2. The van der Waals surface area contributed by atoms with Crippen LogP contribution in [-0.4, -0.2) is 48.9 Å². The van der Waals surface area contributed by atoms with E-state index in [4.69, 9.17) is 4.74 Å². The zero-order chi connectivity index (χ0) is 16.7. The number of piperidine rings is 1. The molecule has 1 fully saturated rings. The van der Waals surface area contributed by atoms with Crippen molar-refractivity contribution in [3.05, 3.63) is 35.4 Å². The first-order chi connectivity index (χ1) is 11.1. The minimum atomic E-state index is -0.288. The number of rotatable bonds is 5. The lowest BCUT2D eigenvalue weighted by atomic mass is 10.1. The number of thioether (sulfide) groups is 1. The number of amides is 2. The Bertz CT molecular complexity index is 542. The fourth-order valence-electron chi connectivity index (χ4n) is 2.67. The molecule has 2 rings (SSSR count). The second-order valence-electron chi connectivity index (χ2n) is 5.78. The summed E-state index contributed by atoms with van der Waals surface area (Å²) in [5.41, 5.74) is 2.49. The number of aryl methyl sites for hydroxylation is 1. The van der Waals surface area contributed by atoms with Crippen molar-refractivity contribution in [1.82, 2.24) is 10.2 Å². The van der Waals surface area contributed by atoms with Crippen molar-refractivity contribution in [1.29, 1.82) is 0 Å². The molecule has 1 aliphatic rings. The lowest BCUT2D eigenvalue weighted by Gasteiger charge is -2.31. The average Bonchev–Trinajstić information content (AvgIpc) is 2.55. The molecule has 2 amide bonds. The van der Waals surface area contributed by atoms with Gasteiger partial charge >= 0.3 is 6.09 Å². The van der Waals surface area contributed by atoms with Crippen LogP contribution in [0.2, 0.25) is 0 Å². The van der Waals surface area contributed by atoms with E-state index in [9.17, 15) is 9.59 Å². The van der Waals surface area contributed by atoms with Gasteiger partial charge in [0.1, 0.15) is 0 Å². The number of likely N-dealkylation sites (tertiary alicyclic amines) is 1. The average molecular weight is 336 g/mol. The summed E-state index contributed by atoms with van der Waals surface area (Å²) in [5, 5.41) is 3.06. The van der Waals surface area contributed by atoms with Crippen molar-refractivity contribution in [2.24, 2.45) is 0 Å². The number of carbonyl (C=O) groups is 2. The summed E-state index contributed by atoms with van der Waals surface area (Å²) in [7, 11) is 1.39. The van der Waals surface area contributed by atoms with Crippen molar-refractivity contribution in [2.75, 3.05) is 26.0 Å². The molecule has 1 N–H and O–H groups in total. The molecule has 0 radical (unpaired) electrons. The van der Waals surface area contributed by atoms with Crippen molar-refractivity contribution in [2.45, 2.75) is 31.6 Å². The van der Waals surface area contributed by atoms with Gasteiger partial charge in [0.25, 0.3) is 0 Å². The van der Waals surface area contributed by atoms with Gasteiger partial charge in [-0.1, -0.05) is 29.8 Å². The van der Waals surface area contributed by atoms with Crippen LogP contribution in [0.15, 0.2) is 24.3 Å². The molecular formula is C17H24N2O3S. The fourth-order valence-corrected chi connectivity index (χ4v) is 3.45. The van der Waals surface area contributed by atoms with Gasteiger partial charge < -0.3 is 15.0 Å². The minimum Gasteiger partial charge on any atom is -0.453 e. The summed E-state index contributed by atoms with van der Waals surface area (Å²) in [4.78, 5) is 25.1. The quantitative estimate of drug-likeness (QED) is 0.898. The maximum absolute atomic E-state index is 12.0. The van der Waals surface area contributed by atoms with Gasteiger partial charge in [-0.3, -0.25) is 4.79 Å². The molecule has 1 aromatic rings. The van der Waals surface area contributed by atoms with E-state index in [0.29, 0.717) is 18.8 Å². The second kappa shape index (κ2) is 8.82. The largest absolute Gasteiger partial charge is 0.453 e. The highest BCUT2D eigenvalue weighted by atomic mass is 32.2. The fraction of sp³-hybridized carbons (Fsp3) is 0.529. The van der Waals surface area contributed by atoms with E-state index in [1.165, 1.54) is 18.2 Å². The molecule has 0 saturated carbocycles. The van der Waals surface area contributed by atoms with Gasteiger partial charge in [-0.25, -0.2) is 4.79 Å². The summed E-state index contributed by atoms with van der Waals surface area (Å²) in [6.07, 6.45) is 1.27. The first-order valence-corrected chi connectivity index (χ1v) is 8.99. The Morgan fingerprint density at radius 3 is 2.74 bits per heavy atom. The Hall–Kier alpha value is -1.69. The molecule has 0 aliphatic carbocycles. The van der Waals surface area contributed by atoms with E-state index in [1.807, 2.05) is 6.07 Å². The standard InChI is InChI=1S/C17H24N2O3S/c1-13-4-3-5-14(10-13)11-23-12-16(20)18-15-6-8-19(9-7-15)17(21)22-2/h3-5,10,15H,6-9,11-12H2,1-2H3,(H,18,20). The lowest BCUT2D eigenvalue weighted by Crippen LogP contribution is -2.46. The van der Waals surface area contributed by atoms with Gasteiger partial charge in [-0.15, -0.1) is 11.8 Å². The molecule has 6 heteroatoms. The zero-order valence-electron chi connectivity index (χ0n) is 13.7. The molecule has 0 bridgehead atoms. The van der Waals surface area contributed by atoms with Crippen LogP contribution in [0.25, 0.3) is 0 Å². The third kappa shape index (κ3) is 5.78. The Morgan fingerprint density at radius 1 is 1.35 bits per heavy atom. The van der Waals surface area contributed by atoms with E-state index in [2.05, 4.69) is 30.4 Å². The van der Waals surface area contributed by atoms with Gasteiger partial charge in [0.05, 0.1) is 12.9 Å². The van der Waals surface area contributed by atoms with Crippen molar-refractivity contribution < 1.29 is 14.3 Å². The lowest BCUT2D eigenvalue weighted by molar-refractivity contribution is -0.119. The maximum Gasteiger partial charge on any atom is 0.409 e. The molecule has 1 heterocycles. The van der Waals surface area contributed by atoms with Gasteiger partial charge in [-0.05, 0) is 25.3 Å². The molecule has 23 heavy (non-hydrogen) atoms. The summed E-state index contributed by atoms with van der Waals surface area (Å²) in [6.45, 7) is 3.34. The van der Waals surface area contributed by atoms with Crippen LogP contribution in [-0.2, 0) is 15.3 Å². The van der Waals surface area contributed by atoms with E-state index < -0.39 is 0 Å². The number of nitrogens with zero attached hydrogens (tertiary/aromatic N) is 1. The number of benzene rings is 1. The monoisotopic (exact) mass is 336 g/mol. The van der Waals surface area contributed by atoms with Crippen LogP contribution in [0.1, 0.15) is 24.0 Å². The predicted octanol–water partition coefficient (Wildman–Crippen LogP) is 2.58. The predicted molar refractivity (Wildman–Crippen MR) is 92.5 cm³/mol. The van der Waals surface area contributed by atoms with Crippen molar-refractivity contribution >= 4 is 23.8 Å². The van der Waals surface area contributed by atoms with E-state index in [-0.39, 0.29) is 18.0 Å². The number of hydrogen-bond donors (Lipinski definition) is 1. The summed E-state index contributed by atoms with van der Waals surface area (Å²) in [5.74, 6) is 1.38. The first kappa shape index (κ1) is 17.7. The molecule has 0 aromatic heterocycles. The Kier molecular flexibility index (Phi) is 6.77. The van der Waals surface area contributed by atoms with Crippen molar-refractivity contribution in [3.8, 4) is 0 Å². The molecule has 126 valence electrons. The van der Waals surface area contributed by atoms with E-state index >= 15 is 0 Å². The molecule has 0 spiro atoms. The molecule has 1 saturated heterocycles. The zero-order valence-corrected chi connectivity index (χ0v) is 14.5. The highest BCUT2D eigenvalue weighted by Gasteiger charge is 2.23. The number of ether oxygens (including phenoxy) is 1. The van der Waals surface area contributed by atoms with Crippen LogP contribution in [0.3, 0.4) is 0 Å². The smallest absolute Gasteiger partial charge is 0.409 e. The number of hydrogen-bond acceptors (Lipinski definition) is 4. The highest BCUT2D eigenvalue weighted by molar-refractivity contribution is 7.99. The number of methoxy groups -OCH3 is 1. The normalized spacial score (nSPS) is 15.3. The summed E-state index contributed by atoms with van der Waals surface area (Å²) < 4.78 is 4.71. The molecule has 1 aromatic carbocycles. The van der Waals surface area contributed by atoms with Crippen LogP contribution in [0.4, 0.5) is 4.79 Å². The Labute approximate surface area is 141 Å². The van der Waals surface area contributed by atoms with Gasteiger partial charge in [0.15, 0.2) is 0 Å². The maximum atomic E-state index is 12.0. The van der Waals surface area contributed by atoms with E-state index in [1.54, 1.807) is 16.7 Å². The van der Waals surface area contributed by atoms with E-state index in [0.717, 1.165) is 18.6 Å². The number of nitrogens with one attached hydrogen (secondary N) is 1. The molecule has 1 aliphatic heterocycles. The Morgan fingerprint density at radius 2 is 2.09 bits per heavy atom. The third-order valence-corrected chi connectivity index (χ3v) is 4.88. The second-order valence-corrected chi connectivity index (χ2v) is 6.77. The molecule has 0 unspecified atom stereocenters. The van der Waals surface area contributed by atoms with Gasteiger partial charge in [0.2, 0.25) is 5.91 Å². The van der Waals surface area contributed by atoms with Gasteiger partial charge in [0, 0.05) is 24.9 Å². The summed E-state index contributed by atoms with van der Waals surface area (Å²) in [6, 6.07) is 8.50. The topological polar surface area (TPSA) is 58.6 Å². The van der Waals surface area contributed by atoms with Crippen molar-refractivity contribution in [3.63, 3.8) is 0 Å². The Balaban J connectivity index is 1.65. The first-order valence-electron chi connectivity index (χ1n) is 7.84. The highest BCUT2D eigenvalue weighted by Crippen LogP contribution is 2.15. The SMILES string of the molecule is COC(=O)N1CCC(NC(=O)CSCc2cccc(C)c2)CC1. The molecule has 5 nitrogen and oxygen atoms in total. The van der Waals surface area contributed by atoms with Crippen LogP contribution in [0, 0.1) is 6.92 Å². The molecule has 0 atom stereocenters. The van der Waals surface area contributed by atoms with Crippen LogP contribution < -0.4 is 5.32 Å².